The van der Waals surface area contributed by atoms with Crippen LogP contribution in [-0.2, 0) is 4.74 Å². The summed E-state index contributed by atoms with van der Waals surface area (Å²) in [6.45, 7) is 3.29. The van der Waals surface area contributed by atoms with Crippen molar-refractivity contribution in [2.45, 2.75) is 30.7 Å². The fourth-order valence-corrected chi connectivity index (χ4v) is 4.09. The Kier molecular flexibility index (Phi) is 3.63. The summed E-state index contributed by atoms with van der Waals surface area (Å²) < 4.78 is 7.19. The van der Waals surface area contributed by atoms with Gasteiger partial charge in [-0.2, -0.15) is 0 Å². The first-order valence-corrected chi connectivity index (χ1v) is 7.04. The number of hydrogen-bond acceptors (Lipinski definition) is 1. The van der Waals surface area contributed by atoms with Crippen LogP contribution < -0.4 is 4.46 Å². The van der Waals surface area contributed by atoms with E-state index in [2.05, 4.69) is 37.3 Å². The predicted molar refractivity (Wildman–Crippen MR) is 60.2 cm³/mol. The van der Waals surface area contributed by atoms with E-state index < -0.39 is 0 Å². The van der Waals surface area contributed by atoms with Crippen LogP contribution in [0.1, 0.15) is 19.8 Å². The molecule has 1 heterocycles. The second kappa shape index (κ2) is 4.97. The van der Waals surface area contributed by atoms with E-state index in [1.165, 1.54) is 17.3 Å². The van der Waals surface area contributed by atoms with Gasteiger partial charge in [-0.05, 0) is 0 Å². The number of ether oxygens (including phenoxy) is 1. The first-order valence-electron chi connectivity index (χ1n) is 5.19. The molecule has 2 rings (SSSR count). The Morgan fingerprint density at radius 2 is 2.14 bits per heavy atom. The van der Waals surface area contributed by atoms with Crippen molar-refractivity contribution in [1.29, 1.82) is 0 Å². The molecule has 0 saturated carbocycles. The summed E-state index contributed by atoms with van der Waals surface area (Å²) in [4.78, 5) is 0.715. The Morgan fingerprint density at radius 1 is 1.36 bits per heavy atom. The van der Waals surface area contributed by atoms with Crippen molar-refractivity contribution in [2.24, 2.45) is 0 Å². The molecule has 0 aromatic heterocycles. The zero-order valence-electron chi connectivity index (χ0n) is 8.48. The molecule has 1 aliphatic rings. The van der Waals surface area contributed by atoms with Crippen molar-refractivity contribution in [3.8, 4) is 0 Å². The summed E-state index contributed by atoms with van der Waals surface area (Å²) in [5.74, 6) is 0. The fourth-order valence-electron chi connectivity index (χ4n) is 1.76. The van der Waals surface area contributed by atoms with Crippen LogP contribution in [0.5, 0.6) is 0 Å². The Morgan fingerprint density at radius 3 is 2.79 bits per heavy atom. The Balaban J connectivity index is 1.90. The molecule has 1 aromatic carbocycles. The molecule has 0 N–H and O–H groups in total. The molecule has 0 aliphatic carbocycles. The van der Waals surface area contributed by atoms with Crippen LogP contribution >= 0.6 is 0 Å². The van der Waals surface area contributed by atoms with Crippen LogP contribution in [0.2, 0.25) is 4.82 Å². The van der Waals surface area contributed by atoms with E-state index in [1.54, 1.807) is 0 Å². The average molecular weight is 255 g/mol. The van der Waals surface area contributed by atoms with E-state index in [-0.39, 0.29) is 0 Å². The van der Waals surface area contributed by atoms with E-state index >= 15 is 0 Å². The van der Waals surface area contributed by atoms with E-state index in [0.29, 0.717) is 25.9 Å². The van der Waals surface area contributed by atoms with Crippen LogP contribution in [0, 0.1) is 0 Å². The third-order valence-electron chi connectivity index (χ3n) is 2.55. The molecule has 2 atom stereocenters. The molecule has 1 nitrogen and oxygen atoms in total. The minimum absolute atomic E-state index is 0.523. The maximum absolute atomic E-state index is 5.70. The molecule has 1 aromatic rings. The molecule has 1 fully saturated rings. The normalized spacial score (nSPS) is 23.6. The molecular formula is C12H16OSe. The number of rotatable bonds is 3. The van der Waals surface area contributed by atoms with Gasteiger partial charge in [0.15, 0.2) is 0 Å². The Labute approximate surface area is 92.0 Å². The summed E-state index contributed by atoms with van der Waals surface area (Å²) in [6, 6.07) is 10.8. The van der Waals surface area contributed by atoms with E-state index in [9.17, 15) is 0 Å². The molecule has 14 heavy (non-hydrogen) atoms. The van der Waals surface area contributed by atoms with E-state index in [4.69, 9.17) is 4.74 Å². The van der Waals surface area contributed by atoms with Crippen LogP contribution in [0.25, 0.3) is 0 Å². The SMILES string of the molecule is CC([Se]c1ccccc1)C1CCCO1. The standard InChI is InChI=1S/C12H16OSe/c1-10(12-8-5-9-13-12)14-11-6-3-2-4-7-11/h2-4,6-7,10,12H,5,8-9H2,1H3. The minimum atomic E-state index is 0.523. The zero-order valence-corrected chi connectivity index (χ0v) is 10.2. The van der Waals surface area contributed by atoms with Crippen molar-refractivity contribution in [2.75, 3.05) is 6.61 Å². The summed E-state index contributed by atoms with van der Waals surface area (Å²) in [7, 11) is 0. The number of hydrogen-bond donors (Lipinski definition) is 0. The van der Waals surface area contributed by atoms with Crippen LogP contribution in [0.15, 0.2) is 30.3 Å². The zero-order chi connectivity index (χ0) is 9.80. The first kappa shape index (κ1) is 10.2. The second-order valence-electron chi connectivity index (χ2n) is 3.69. The van der Waals surface area contributed by atoms with Crippen LogP contribution in [-0.4, -0.2) is 27.7 Å². The Bertz CT molecular complexity index is 267. The summed E-state index contributed by atoms with van der Waals surface area (Å²) in [6.07, 6.45) is 3.03. The van der Waals surface area contributed by atoms with Gasteiger partial charge < -0.3 is 0 Å². The monoisotopic (exact) mass is 256 g/mol. The van der Waals surface area contributed by atoms with Gasteiger partial charge in [-0.25, -0.2) is 0 Å². The van der Waals surface area contributed by atoms with Crippen molar-refractivity contribution >= 4 is 19.4 Å². The maximum atomic E-state index is 5.70. The predicted octanol–water partition coefficient (Wildman–Crippen LogP) is 2.00. The third-order valence-corrected chi connectivity index (χ3v) is 5.11. The summed E-state index contributed by atoms with van der Waals surface area (Å²) in [5, 5.41) is 0. The fraction of sp³-hybridized carbons (Fsp3) is 0.500. The van der Waals surface area contributed by atoms with Crippen LogP contribution in [0.4, 0.5) is 0 Å². The van der Waals surface area contributed by atoms with Crippen molar-refractivity contribution in [3.63, 3.8) is 0 Å². The molecule has 0 radical (unpaired) electrons. The van der Waals surface area contributed by atoms with Crippen molar-refractivity contribution in [3.05, 3.63) is 30.3 Å². The number of benzene rings is 1. The molecule has 76 valence electrons. The van der Waals surface area contributed by atoms with Gasteiger partial charge in [0.25, 0.3) is 0 Å². The Hall–Kier alpha value is -0.301. The molecule has 0 bridgehead atoms. The van der Waals surface area contributed by atoms with Crippen molar-refractivity contribution < 1.29 is 4.74 Å². The van der Waals surface area contributed by atoms with E-state index in [0.717, 1.165) is 6.61 Å². The van der Waals surface area contributed by atoms with Gasteiger partial charge in [0, 0.05) is 0 Å². The summed E-state index contributed by atoms with van der Waals surface area (Å²) >= 11 is 0.566. The molecule has 2 heteroatoms. The molecule has 2 unspecified atom stereocenters. The van der Waals surface area contributed by atoms with Gasteiger partial charge in [-0.3, -0.25) is 0 Å². The van der Waals surface area contributed by atoms with Crippen molar-refractivity contribution in [1.82, 2.24) is 0 Å². The molecule has 0 spiro atoms. The first-order chi connectivity index (χ1) is 6.86. The van der Waals surface area contributed by atoms with Gasteiger partial charge in [0.1, 0.15) is 0 Å². The van der Waals surface area contributed by atoms with Gasteiger partial charge in [-0.15, -0.1) is 0 Å². The summed E-state index contributed by atoms with van der Waals surface area (Å²) in [5.41, 5.74) is 0. The van der Waals surface area contributed by atoms with E-state index in [1.807, 2.05) is 0 Å². The molecule has 0 amide bonds. The molecule has 1 saturated heterocycles. The van der Waals surface area contributed by atoms with Gasteiger partial charge in [0.2, 0.25) is 0 Å². The molecular weight excluding hydrogens is 239 g/mol. The molecule has 1 aliphatic heterocycles. The third kappa shape index (κ3) is 2.60. The topological polar surface area (TPSA) is 9.23 Å². The quantitative estimate of drug-likeness (QED) is 0.751. The van der Waals surface area contributed by atoms with Gasteiger partial charge in [-0.1, -0.05) is 0 Å². The second-order valence-corrected chi connectivity index (χ2v) is 6.73. The van der Waals surface area contributed by atoms with Gasteiger partial charge >= 0.3 is 91.8 Å². The van der Waals surface area contributed by atoms with Gasteiger partial charge in [0.05, 0.1) is 0 Å². The average Bonchev–Trinajstić information content (AvgIpc) is 2.72. The van der Waals surface area contributed by atoms with Crippen LogP contribution in [0.3, 0.4) is 0 Å².